The molecule has 7 aromatic rings. The molecule has 0 spiro atoms. The van der Waals surface area contributed by atoms with Crippen molar-refractivity contribution in [3.05, 3.63) is 162 Å². The normalized spacial score (nSPS) is 13.2. The molecular formula is C36H26BrNSi. The van der Waals surface area contributed by atoms with Crippen molar-refractivity contribution in [1.29, 1.82) is 0 Å². The summed E-state index contributed by atoms with van der Waals surface area (Å²) in [6, 6.07) is 44.2. The lowest BCUT2D eigenvalue weighted by atomic mass is 10.2. The zero-order valence-corrected chi connectivity index (χ0v) is 23.6. The van der Waals surface area contributed by atoms with Crippen LogP contribution in [0, 0.1) is 0 Å². The minimum Gasteiger partial charge on any atom is -0.309 e. The molecule has 0 aliphatic rings. The Balaban J connectivity index is 1.70. The first-order chi connectivity index (χ1) is 20.9. The Hall–Kier alpha value is -4.18. The number of aromatic nitrogens is 1. The van der Waals surface area contributed by atoms with Crippen LogP contribution in [0.15, 0.2) is 162 Å². The van der Waals surface area contributed by atoms with Crippen LogP contribution in [0.25, 0.3) is 27.5 Å². The van der Waals surface area contributed by atoms with E-state index in [4.69, 9.17) is 0 Å². The van der Waals surface area contributed by atoms with Crippen molar-refractivity contribution in [3.8, 4) is 5.69 Å². The molecule has 0 unspecified atom stereocenters. The molecule has 186 valence electrons. The van der Waals surface area contributed by atoms with E-state index in [-0.39, 0.29) is 24.2 Å². The number of hydrogen-bond acceptors (Lipinski definition) is 0. The maximum atomic E-state index is 9.98. The summed E-state index contributed by atoms with van der Waals surface area (Å²) in [5, 5.41) is 5.55. The fourth-order valence-corrected chi connectivity index (χ4v) is 10.7. The third kappa shape index (κ3) is 3.89. The van der Waals surface area contributed by atoms with Gasteiger partial charge < -0.3 is 4.57 Å². The number of benzene rings is 6. The molecule has 1 nitrogen and oxygen atoms in total. The molecule has 39 heavy (non-hydrogen) atoms. The number of hydrogen-bond donors (Lipinski definition) is 0. The first kappa shape index (κ1) is 19.8. The molecule has 0 bridgehead atoms. The fraction of sp³-hybridized carbons (Fsp3) is 0. The minimum atomic E-state index is -3.33. The van der Waals surface area contributed by atoms with Gasteiger partial charge in [-0.25, -0.2) is 0 Å². The van der Waals surface area contributed by atoms with Crippen molar-refractivity contribution in [2.45, 2.75) is 0 Å². The van der Waals surface area contributed by atoms with Gasteiger partial charge in [-0.3, -0.25) is 0 Å². The Morgan fingerprint density at radius 2 is 1.08 bits per heavy atom. The highest BCUT2D eigenvalue weighted by Crippen LogP contribution is 2.33. The number of halogens is 1. The molecule has 6 aromatic carbocycles. The van der Waals surface area contributed by atoms with E-state index < -0.39 is 8.07 Å². The van der Waals surface area contributed by atoms with E-state index in [9.17, 15) is 5.48 Å². The average Bonchev–Trinajstić information content (AvgIpc) is 3.36. The second-order valence-corrected chi connectivity index (χ2v) is 14.2. The van der Waals surface area contributed by atoms with Gasteiger partial charge in [0.25, 0.3) is 0 Å². The Kier molecular flexibility index (Phi) is 5.00. The van der Waals surface area contributed by atoms with E-state index >= 15 is 0 Å². The van der Waals surface area contributed by atoms with E-state index in [2.05, 4.69) is 58.4 Å². The van der Waals surface area contributed by atoms with Gasteiger partial charge in [-0.1, -0.05) is 137 Å². The van der Waals surface area contributed by atoms with Crippen LogP contribution in [0.2, 0.25) is 0 Å². The molecule has 0 radical (unpaired) electrons. The Morgan fingerprint density at radius 3 is 1.69 bits per heavy atom. The Morgan fingerprint density at radius 1 is 0.538 bits per heavy atom. The smallest absolute Gasteiger partial charge is 0.179 e. The van der Waals surface area contributed by atoms with Crippen LogP contribution in [0.3, 0.4) is 0 Å². The van der Waals surface area contributed by atoms with Crippen molar-refractivity contribution < 1.29 is 5.48 Å². The van der Waals surface area contributed by atoms with E-state index in [1.807, 2.05) is 95.6 Å². The van der Waals surface area contributed by atoms with Crippen LogP contribution in [0.4, 0.5) is 0 Å². The Bertz CT molecular complexity index is 2030. The van der Waals surface area contributed by atoms with Crippen LogP contribution >= 0.6 is 15.9 Å². The highest BCUT2D eigenvalue weighted by atomic mass is 79.9. The van der Waals surface area contributed by atoms with Crippen molar-refractivity contribution >= 4 is 66.6 Å². The zero-order valence-electron chi connectivity index (χ0n) is 25.0. The molecule has 3 heteroatoms. The van der Waals surface area contributed by atoms with Gasteiger partial charge in [0.15, 0.2) is 8.07 Å². The molecule has 0 fully saturated rings. The molecule has 1 heterocycles. The summed E-state index contributed by atoms with van der Waals surface area (Å²) in [5.41, 5.74) is 2.03. The van der Waals surface area contributed by atoms with Crippen LogP contribution < -0.4 is 20.7 Å². The third-order valence-corrected chi connectivity index (χ3v) is 12.6. The van der Waals surface area contributed by atoms with E-state index in [1.165, 1.54) is 0 Å². The molecular weight excluding hydrogens is 554 g/mol. The van der Waals surface area contributed by atoms with Crippen molar-refractivity contribution in [2.75, 3.05) is 0 Å². The number of nitrogens with zero attached hydrogens (tertiary/aromatic N) is 1. The highest BCUT2D eigenvalue weighted by molar-refractivity contribution is 9.10. The summed E-state index contributed by atoms with van der Waals surface area (Å²) in [7, 11) is -3.33. The molecule has 1 aromatic heterocycles. The molecule has 0 atom stereocenters. The lowest BCUT2D eigenvalue weighted by Gasteiger charge is -2.34. The van der Waals surface area contributed by atoms with Gasteiger partial charge >= 0.3 is 0 Å². The van der Waals surface area contributed by atoms with Crippen molar-refractivity contribution in [1.82, 2.24) is 4.57 Å². The van der Waals surface area contributed by atoms with Gasteiger partial charge in [-0.2, -0.15) is 0 Å². The Labute approximate surface area is 243 Å². The number of para-hydroxylation sites is 1. The van der Waals surface area contributed by atoms with E-state index in [1.54, 1.807) is 0 Å². The minimum absolute atomic E-state index is 0.0644. The zero-order chi connectivity index (χ0) is 29.7. The van der Waals surface area contributed by atoms with Crippen molar-refractivity contribution in [2.24, 2.45) is 0 Å². The summed E-state index contributed by atoms with van der Waals surface area (Å²) in [5.74, 6) is 0. The van der Waals surface area contributed by atoms with E-state index in [0.717, 1.165) is 41.8 Å². The maximum Gasteiger partial charge on any atom is 0.179 e. The molecule has 0 saturated carbocycles. The molecule has 0 N–H and O–H groups in total. The van der Waals surface area contributed by atoms with Crippen LogP contribution in [0.1, 0.15) is 5.48 Å². The maximum absolute atomic E-state index is 9.98. The van der Waals surface area contributed by atoms with Crippen molar-refractivity contribution in [3.63, 3.8) is 0 Å². The summed E-state index contributed by atoms with van der Waals surface area (Å²) in [6.07, 6.45) is 0. The third-order valence-electron chi connectivity index (χ3n) is 7.47. The average molecular weight is 585 g/mol. The number of rotatable bonds is 5. The molecule has 0 aliphatic heterocycles. The second kappa shape index (κ2) is 9.85. The predicted octanol–water partition coefficient (Wildman–Crippen LogP) is 6.92. The summed E-state index contributed by atoms with van der Waals surface area (Å²) >= 11 is 3.62. The lowest BCUT2D eigenvalue weighted by Crippen LogP contribution is -2.74. The van der Waals surface area contributed by atoms with Crippen LogP contribution in [-0.4, -0.2) is 12.6 Å². The quantitative estimate of drug-likeness (QED) is 0.153. The molecule has 7 rings (SSSR count). The van der Waals surface area contributed by atoms with Gasteiger partial charge in [0.1, 0.15) is 0 Å². The number of fused-ring (bicyclic) bond motifs is 3. The molecule has 0 saturated heterocycles. The first-order valence-electron chi connectivity index (χ1n) is 14.9. The lowest BCUT2D eigenvalue weighted by molar-refractivity contribution is 1.18. The molecule has 0 aliphatic carbocycles. The monoisotopic (exact) mass is 583 g/mol. The van der Waals surface area contributed by atoms with Gasteiger partial charge in [-0.05, 0) is 57.1 Å². The SMILES string of the molecule is [2H]c1c([2H])c(-n2c3ccccc3c3cc(Br)ccc32)c([2H])c([Si](c2ccccc2)(c2ccccc2)c2ccccc2)c1[2H]. The topological polar surface area (TPSA) is 4.93 Å². The van der Waals surface area contributed by atoms with Crippen LogP contribution in [-0.2, 0) is 0 Å². The fourth-order valence-electron chi connectivity index (χ4n) is 5.82. The summed E-state index contributed by atoms with van der Waals surface area (Å²) < 4.78 is 40.7. The van der Waals surface area contributed by atoms with E-state index in [0.29, 0.717) is 10.9 Å². The van der Waals surface area contributed by atoms with Gasteiger partial charge in [0.05, 0.1) is 16.5 Å². The first-order valence-corrected chi connectivity index (χ1v) is 15.7. The standard InChI is InChI=1S/C36H26BrNSi/c37-27-23-24-36-34(25-27)33-21-10-11-22-35(33)38(36)28-13-12-20-32(26-28)39(29-14-4-1-5-15-29,30-16-6-2-7-17-30)31-18-8-3-9-19-31/h1-26H/i12D,13D,20D,26D. The second-order valence-electron chi connectivity index (χ2n) is 9.59. The molecule has 0 amide bonds. The van der Waals surface area contributed by atoms with Gasteiger partial charge in [0, 0.05) is 20.9 Å². The predicted molar refractivity (Wildman–Crippen MR) is 172 cm³/mol. The van der Waals surface area contributed by atoms with Gasteiger partial charge in [0.2, 0.25) is 0 Å². The van der Waals surface area contributed by atoms with Crippen LogP contribution in [0.5, 0.6) is 0 Å². The summed E-state index contributed by atoms with van der Waals surface area (Å²) in [6.45, 7) is 0. The summed E-state index contributed by atoms with van der Waals surface area (Å²) in [4.78, 5) is 0. The largest absolute Gasteiger partial charge is 0.309 e. The van der Waals surface area contributed by atoms with Gasteiger partial charge in [-0.15, -0.1) is 0 Å². The highest BCUT2D eigenvalue weighted by Gasteiger charge is 2.41.